The Hall–Kier alpha value is -3.78. The molecule has 1 aromatic rings. The summed E-state index contributed by atoms with van der Waals surface area (Å²) in [5.41, 5.74) is 1.25. The summed E-state index contributed by atoms with van der Waals surface area (Å²) in [7, 11) is 0. The third-order valence-electron chi connectivity index (χ3n) is 13.1. The molecule has 0 aromatic heterocycles. The quantitative estimate of drug-likeness (QED) is 0.228. The van der Waals surface area contributed by atoms with Gasteiger partial charge in [0.25, 0.3) is 5.91 Å². The number of alkyl carbamates (subject to hydrolysis) is 1. The van der Waals surface area contributed by atoms with Crippen LogP contribution >= 0.6 is 11.9 Å². The van der Waals surface area contributed by atoms with Crippen LogP contribution in [0.5, 0.6) is 0 Å². The lowest BCUT2D eigenvalue weighted by Gasteiger charge is -2.40. The number of ether oxygens (including phenoxy) is 2. The highest BCUT2D eigenvalue weighted by Crippen LogP contribution is 2.46. The predicted molar refractivity (Wildman–Crippen MR) is 216 cm³/mol. The number of fused-ring (bicyclic) bond motifs is 3. The van der Waals surface area contributed by atoms with Gasteiger partial charge in [-0.05, 0) is 120 Å². The molecule has 57 heavy (non-hydrogen) atoms. The van der Waals surface area contributed by atoms with Gasteiger partial charge in [-0.1, -0.05) is 55.7 Å². The third-order valence-corrected chi connectivity index (χ3v) is 14.3. The lowest BCUT2D eigenvalue weighted by atomic mass is 9.92. The first-order valence-electron chi connectivity index (χ1n) is 21.8. The Bertz CT molecular complexity index is 1680. The average molecular weight is 805 g/mol. The molecule has 3 saturated carbocycles. The molecule has 0 radical (unpaired) electrons. The number of rotatable bonds is 8. The summed E-state index contributed by atoms with van der Waals surface area (Å²) in [5.74, 6) is -1.26. The van der Waals surface area contributed by atoms with Gasteiger partial charge in [-0.15, -0.1) is 0 Å². The van der Waals surface area contributed by atoms with E-state index in [-0.39, 0.29) is 36.9 Å². The van der Waals surface area contributed by atoms with E-state index in [9.17, 15) is 24.0 Å². The molecule has 1 unspecified atom stereocenters. The molecule has 8 rings (SSSR count). The molecule has 0 bridgehead atoms. The Morgan fingerprint density at radius 2 is 1.65 bits per heavy atom. The van der Waals surface area contributed by atoms with E-state index in [0.29, 0.717) is 37.5 Å². The molecule has 14 heteroatoms. The average Bonchev–Trinajstić information content (AvgIpc) is 4.06. The Morgan fingerprint density at radius 3 is 2.46 bits per heavy atom. The van der Waals surface area contributed by atoms with E-state index >= 15 is 0 Å². The summed E-state index contributed by atoms with van der Waals surface area (Å²) in [5, 5.41) is 6.36. The van der Waals surface area contributed by atoms with E-state index in [4.69, 9.17) is 9.47 Å². The topological polar surface area (TPSA) is 150 Å². The molecule has 3 aliphatic carbocycles. The number of carbonyl (C=O) groups is 5. The minimum Gasteiger partial charge on any atom is -0.446 e. The zero-order chi connectivity index (χ0) is 39.4. The van der Waals surface area contributed by atoms with Crippen molar-refractivity contribution in [3.8, 4) is 0 Å². The van der Waals surface area contributed by atoms with E-state index < -0.39 is 47.7 Å². The van der Waals surface area contributed by atoms with E-state index in [0.717, 1.165) is 95.8 Å². The molecule has 5 fully saturated rings. The van der Waals surface area contributed by atoms with Crippen molar-refractivity contribution in [2.75, 3.05) is 32.7 Å². The summed E-state index contributed by atoms with van der Waals surface area (Å²) in [4.78, 5) is 76.1. The van der Waals surface area contributed by atoms with Gasteiger partial charge in [-0.2, -0.15) is 0 Å². The fourth-order valence-corrected chi connectivity index (χ4v) is 10.4. The maximum atomic E-state index is 14.6. The van der Waals surface area contributed by atoms with Gasteiger partial charge in [-0.3, -0.25) is 24.0 Å². The lowest BCUT2D eigenvalue weighted by molar-refractivity contribution is -0.141. The number of piperidine rings is 1. The molecule has 5 amide bonds. The molecule has 7 aliphatic rings. The number of allylic oxidation sites excluding steroid dienone is 1. The van der Waals surface area contributed by atoms with Crippen molar-refractivity contribution in [3.05, 3.63) is 47.5 Å². The minimum atomic E-state index is -1.12. The number of nitrogens with zero attached hydrogens (tertiary/aromatic N) is 3. The predicted octanol–water partition coefficient (Wildman–Crippen LogP) is 5.54. The van der Waals surface area contributed by atoms with Gasteiger partial charge >= 0.3 is 12.2 Å². The second-order valence-corrected chi connectivity index (χ2v) is 18.5. The van der Waals surface area contributed by atoms with Crippen LogP contribution in [0.1, 0.15) is 120 Å². The van der Waals surface area contributed by atoms with Crippen molar-refractivity contribution in [1.29, 1.82) is 0 Å². The largest absolute Gasteiger partial charge is 0.446 e. The van der Waals surface area contributed by atoms with E-state index in [1.165, 1.54) is 28.8 Å². The van der Waals surface area contributed by atoms with Gasteiger partial charge in [0, 0.05) is 30.7 Å². The van der Waals surface area contributed by atoms with Crippen LogP contribution in [0.25, 0.3) is 0 Å². The summed E-state index contributed by atoms with van der Waals surface area (Å²) >= 11 is 1.42. The zero-order valence-electron chi connectivity index (χ0n) is 33.2. The van der Waals surface area contributed by atoms with Gasteiger partial charge in [0.05, 0.1) is 12.6 Å². The highest BCUT2D eigenvalue weighted by Gasteiger charge is 2.61. The molecule has 4 aliphatic heterocycles. The number of hydrogen-bond donors (Lipinski definition) is 3. The monoisotopic (exact) mass is 804 g/mol. The van der Waals surface area contributed by atoms with E-state index in [1.54, 1.807) is 0 Å². The first kappa shape index (κ1) is 40.0. The van der Waals surface area contributed by atoms with Crippen LogP contribution in [0.15, 0.2) is 36.4 Å². The SMILES string of the molecule is O=C(N[C@H]1CCCCC/C=C\[C@@H]2C[C@@]2(C(=O)NSC2CC2)NC(=O)[C@@H]2C[C@@H](OC(=O)N3CCc4ccccc4C3CN3CCCCC3)CN2C1=O)OC1CCCC1. The number of carbonyl (C=O) groups excluding carboxylic acids is 5. The Morgan fingerprint density at radius 1 is 0.877 bits per heavy atom. The van der Waals surface area contributed by atoms with Gasteiger partial charge in [0.2, 0.25) is 11.8 Å². The highest BCUT2D eigenvalue weighted by molar-refractivity contribution is 7.98. The lowest BCUT2D eigenvalue weighted by Crippen LogP contribution is -2.57. The fourth-order valence-electron chi connectivity index (χ4n) is 9.58. The summed E-state index contributed by atoms with van der Waals surface area (Å²) < 4.78 is 15.0. The molecule has 4 heterocycles. The van der Waals surface area contributed by atoms with Crippen LogP contribution < -0.4 is 15.4 Å². The van der Waals surface area contributed by atoms with Crippen molar-refractivity contribution in [2.24, 2.45) is 5.92 Å². The summed E-state index contributed by atoms with van der Waals surface area (Å²) in [6.07, 6.45) is 16.2. The standard InChI is InChI=1S/C43H60N6O7S/c50-38-36-25-32(56-42(54)48-24-21-29-13-7-10-17-34(29)37(48)28-47-22-11-4-12-23-47)27-49(36)39(51)35(44-41(53)55-31-15-8-9-16-31)18-6-3-1-2-5-14-30-26-43(30,45-38)40(52)46-57-33-19-20-33/h5,7,10,13-14,17,30-33,35-37H,1-4,6,8-9,11-12,15-16,18-28H2,(H,44,53)(H,45,50)(H,46,52)/b14-5-/t30-,32-,35+,36+,37?,43-/m1/s1. The zero-order valence-corrected chi connectivity index (χ0v) is 34.0. The first-order valence-corrected chi connectivity index (χ1v) is 22.6. The number of benzene rings is 1. The van der Waals surface area contributed by atoms with Crippen molar-refractivity contribution in [1.82, 2.24) is 30.1 Å². The molecule has 13 nitrogen and oxygen atoms in total. The van der Waals surface area contributed by atoms with E-state index in [2.05, 4.69) is 38.5 Å². The normalized spacial score (nSPS) is 31.8. The van der Waals surface area contributed by atoms with Gasteiger partial charge in [0.1, 0.15) is 29.8 Å². The Balaban J connectivity index is 1.03. The Labute approximate surface area is 340 Å². The smallest absolute Gasteiger partial charge is 0.410 e. The van der Waals surface area contributed by atoms with Crippen LogP contribution in [0.4, 0.5) is 9.59 Å². The van der Waals surface area contributed by atoms with Crippen molar-refractivity contribution in [3.63, 3.8) is 0 Å². The van der Waals surface area contributed by atoms with Crippen LogP contribution in [-0.4, -0.2) is 112 Å². The maximum absolute atomic E-state index is 14.6. The molecule has 3 N–H and O–H groups in total. The number of likely N-dealkylation sites (tertiary alicyclic amines) is 1. The Kier molecular flexibility index (Phi) is 12.6. The summed E-state index contributed by atoms with van der Waals surface area (Å²) in [6, 6.07) is 6.21. The van der Waals surface area contributed by atoms with Gasteiger partial charge < -0.3 is 29.9 Å². The third kappa shape index (κ3) is 9.58. The van der Waals surface area contributed by atoms with Crippen LogP contribution in [0.3, 0.4) is 0 Å². The number of amides is 5. The molecule has 6 atom stereocenters. The van der Waals surface area contributed by atoms with Crippen LogP contribution in [0, 0.1) is 5.92 Å². The first-order chi connectivity index (χ1) is 27.8. The van der Waals surface area contributed by atoms with Crippen LogP contribution in [-0.2, 0) is 30.3 Å². The number of hydrogen-bond acceptors (Lipinski definition) is 9. The second kappa shape index (κ2) is 18.0. The van der Waals surface area contributed by atoms with E-state index in [1.807, 2.05) is 23.1 Å². The van der Waals surface area contributed by atoms with Gasteiger partial charge in [-0.25, -0.2) is 9.59 Å². The number of nitrogens with one attached hydrogen (secondary N) is 3. The fraction of sp³-hybridized carbons (Fsp3) is 0.698. The maximum Gasteiger partial charge on any atom is 0.410 e. The molecule has 0 spiro atoms. The molecule has 310 valence electrons. The summed E-state index contributed by atoms with van der Waals surface area (Å²) in [6.45, 7) is 3.22. The van der Waals surface area contributed by atoms with Crippen molar-refractivity contribution >= 4 is 41.9 Å². The molecule has 2 saturated heterocycles. The van der Waals surface area contributed by atoms with Crippen molar-refractivity contribution < 1.29 is 33.4 Å². The minimum absolute atomic E-state index is 0.000207. The molecular formula is C43H60N6O7S. The second-order valence-electron chi connectivity index (χ2n) is 17.4. The highest BCUT2D eigenvalue weighted by atomic mass is 32.2. The van der Waals surface area contributed by atoms with Gasteiger partial charge in [0.15, 0.2) is 0 Å². The molecular weight excluding hydrogens is 745 g/mol. The molecule has 1 aromatic carbocycles. The van der Waals surface area contributed by atoms with Crippen LogP contribution in [0.2, 0.25) is 0 Å². The van der Waals surface area contributed by atoms with Crippen molar-refractivity contribution in [2.45, 2.75) is 150 Å².